The molecule has 0 amide bonds. The molecule has 0 atom stereocenters. The molecule has 0 fully saturated rings. The first-order chi connectivity index (χ1) is 32.3. The van der Waals surface area contributed by atoms with E-state index in [0.717, 1.165) is 17.1 Å². The maximum Gasteiger partial charge on any atom is 0.0640 e. The molecule has 65 heavy (non-hydrogen) atoms. The summed E-state index contributed by atoms with van der Waals surface area (Å²) in [6.45, 7) is 0. The monoisotopic (exact) mass is 844 g/mol. The fourth-order valence-corrected chi connectivity index (χ4v) is 12.5. The number of nitrogens with zero attached hydrogens (tertiary/aromatic N) is 4. The Morgan fingerprint density at radius 2 is 0.692 bits per heavy atom. The van der Waals surface area contributed by atoms with Crippen molar-refractivity contribution in [2.75, 3.05) is 0 Å². The van der Waals surface area contributed by atoms with Gasteiger partial charge in [0.05, 0.1) is 54.5 Å². The van der Waals surface area contributed by atoms with Crippen molar-refractivity contribution in [2.45, 2.75) is 0 Å². The first kappa shape index (κ1) is 35.1. The van der Waals surface area contributed by atoms with Gasteiger partial charge in [-0.3, -0.25) is 0 Å². The van der Waals surface area contributed by atoms with Crippen molar-refractivity contribution >= 4 is 119 Å². The summed E-state index contributed by atoms with van der Waals surface area (Å²) in [7, 11) is 0. The third-order valence-corrected chi connectivity index (χ3v) is 15.1. The maximum atomic E-state index is 2.51. The molecule has 0 spiro atoms. The van der Waals surface area contributed by atoms with E-state index in [2.05, 4.69) is 237 Å². The van der Waals surface area contributed by atoms with Gasteiger partial charge in [-0.05, 0) is 91.0 Å². The topological polar surface area (TPSA) is 19.7 Å². The molecular weight excluding hydrogens is 809 g/mol. The molecule has 0 saturated heterocycles. The second-order valence-electron chi connectivity index (χ2n) is 17.3. The molecule has 0 radical (unpaired) electrons. The largest absolute Gasteiger partial charge is 0.309 e. The predicted molar refractivity (Wildman–Crippen MR) is 277 cm³/mol. The smallest absolute Gasteiger partial charge is 0.0640 e. The van der Waals surface area contributed by atoms with E-state index < -0.39 is 0 Å². The van der Waals surface area contributed by atoms with E-state index >= 15 is 0 Å². The highest BCUT2D eigenvalue weighted by atomic mass is 32.1. The van der Waals surface area contributed by atoms with Crippen LogP contribution in [0.3, 0.4) is 0 Å². The van der Waals surface area contributed by atoms with Gasteiger partial charge in [-0.1, -0.05) is 127 Å². The van der Waals surface area contributed by atoms with Crippen molar-refractivity contribution in [1.82, 2.24) is 18.3 Å². The molecule has 5 heterocycles. The molecule has 0 aliphatic heterocycles. The van der Waals surface area contributed by atoms with Crippen molar-refractivity contribution in [1.29, 1.82) is 0 Å². The minimum Gasteiger partial charge on any atom is -0.309 e. The third-order valence-electron chi connectivity index (χ3n) is 13.9. The van der Waals surface area contributed by atoms with E-state index in [-0.39, 0.29) is 0 Å². The summed E-state index contributed by atoms with van der Waals surface area (Å²) in [4.78, 5) is 0. The standard InChI is InChI=1S/C60H36N4S/c1-2-16-37(17-3-1)61-50-28-11-6-23-44(50)58-52(61)32-33-53-59(58)45-24-7-12-29-51(45)62(53)38-18-14-19-39(34-38)63-48-26-9-4-20-40(48)46-35-47-41-21-5-10-27-49(41)64(56(47)36-55(46)63)54-30-15-25-43-42-22-8-13-31-57(42)65-60(43)54/h1-36H. The van der Waals surface area contributed by atoms with Crippen LogP contribution in [0.4, 0.5) is 0 Å². The fourth-order valence-electron chi connectivity index (χ4n) is 11.3. The lowest BCUT2D eigenvalue weighted by Gasteiger charge is -2.13. The molecule has 5 heteroatoms. The predicted octanol–water partition coefficient (Wildman–Crippen LogP) is 16.4. The minimum absolute atomic E-state index is 1.12. The average Bonchev–Trinajstić information content (AvgIpc) is 4.16. The van der Waals surface area contributed by atoms with Crippen LogP contribution >= 0.6 is 11.3 Å². The summed E-state index contributed by atoms with van der Waals surface area (Å²) < 4.78 is 12.5. The van der Waals surface area contributed by atoms with Crippen LogP contribution in [0, 0.1) is 0 Å². The van der Waals surface area contributed by atoms with E-state index in [4.69, 9.17) is 0 Å². The highest BCUT2D eigenvalue weighted by molar-refractivity contribution is 7.26. The number of thiophene rings is 1. The number of benzene rings is 10. The van der Waals surface area contributed by atoms with Gasteiger partial charge in [-0.15, -0.1) is 11.3 Å². The lowest BCUT2D eigenvalue weighted by atomic mass is 10.1. The lowest BCUT2D eigenvalue weighted by molar-refractivity contribution is 1.13. The first-order valence-electron chi connectivity index (χ1n) is 22.3. The minimum atomic E-state index is 1.12. The molecule has 10 aromatic carbocycles. The van der Waals surface area contributed by atoms with Crippen LogP contribution in [0.1, 0.15) is 0 Å². The molecule has 5 aromatic heterocycles. The molecule has 0 N–H and O–H groups in total. The third kappa shape index (κ3) is 4.74. The summed E-state index contributed by atoms with van der Waals surface area (Å²) in [6, 6.07) is 80.6. The Morgan fingerprint density at radius 1 is 0.246 bits per heavy atom. The molecule has 302 valence electrons. The number of rotatable bonds is 4. The zero-order valence-electron chi connectivity index (χ0n) is 35.0. The molecule has 0 bridgehead atoms. The Morgan fingerprint density at radius 3 is 1.34 bits per heavy atom. The Kier molecular flexibility index (Phi) is 7.07. The van der Waals surface area contributed by atoms with Crippen LogP contribution in [0.25, 0.3) is 130 Å². The zero-order chi connectivity index (χ0) is 42.3. The number of aromatic nitrogens is 4. The van der Waals surface area contributed by atoms with Gasteiger partial charge in [-0.25, -0.2) is 0 Å². The van der Waals surface area contributed by atoms with Gasteiger partial charge < -0.3 is 18.3 Å². The van der Waals surface area contributed by atoms with E-state index in [0.29, 0.717) is 0 Å². The molecule has 0 aliphatic rings. The van der Waals surface area contributed by atoms with Crippen LogP contribution in [0.5, 0.6) is 0 Å². The molecule has 0 unspecified atom stereocenters. The molecule has 0 saturated carbocycles. The van der Waals surface area contributed by atoms with E-state index in [9.17, 15) is 0 Å². The highest BCUT2D eigenvalue weighted by Gasteiger charge is 2.23. The van der Waals surface area contributed by atoms with E-state index in [1.165, 1.54) is 113 Å². The summed E-state index contributed by atoms with van der Waals surface area (Å²) in [5.41, 5.74) is 14.2. The fraction of sp³-hybridized carbons (Fsp3) is 0. The van der Waals surface area contributed by atoms with Crippen LogP contribution in [0.2, 0.25) is 0 Å². The highest BCUT2D eigenvalue weighted by Crippen LogP contribution is 2.45. The van der Waals surface area contributed by atoms with Gasteiger partial charge in [0.1, 0.15) is 0 Å². The molecular formula is C60H36N4S. The quantitative estimate of drug-likeness (QED) is 0.168. The van der Waals surface area contributed by atoms with E-state index in [1.807, 2.05) is 11.3 Å². The average molecular weight is 845 g/mol. The second-order valence-corrected chi connectivity index (χ2v) is 18.3. The summed E-state index contributed by atoms with van der Waals surface area (Å²) in [5, 5.41) is 12.7. The van der Waals surface area contributed by atoms with Gasteiger partial charge in [0.2, 0.25) is 0 Å². The SMILES string of the molecule is c1ccc(-n2c3ccccc3c3c4c5ccccc5n(-c5cccc(-n6c7ccccc7c7cc8c9ccccc9n(-c9cccc%10c9sc9ccccc9%10)c8cc76)c5)c4ccc32)cc1. The summed E-state index contributed by atoms with van der Waals surface area (Å²) >= 11 is 1.88. The van der Waals surface area contributed by atoms with Crippen molar-refractivity contribution in [3.8, 4) is 22.7 Å². The Balaban J connectivity index is 0.999. The van der Waals surface area contributed by atoms with E-state index in [1.54, 1.807) is 0 Å². The molecule has 0 aliphatic carbocycles. The number of fused-ring (bicyclic) bond motifs is 16. The summed E-state index contributed by atoms with van der Waals surface area (Å²) in [5.74, 6) is 0. The van der Waals surface area contributed by atoms with Crippen molar-refractivity contribution < 1.29 is 0 Å². The van der Waals surface area contributed by atoms with Gasteiger partial charge >= 0.3 is 0 Å². The van der Waals surface area contributed by atoms with Crippen LogP contribution < -0.4 is 0 Å². The number of para-hydroxylation sites is 5. The van der Waals surface area contributed by atoms with Gasteiger partial charge in [0, 0.05) is 75.6 Å². The Labute approximate surface area is 376 Å². The molecule has 4 nitrogen and oxygen atoms in total. The zero-order valence-corrected chi connectivity index (χ0v) is 35.8. The van der Waals surface area contributed by atoms with Gasteiger partial charge in [0.25, 0.3) is 0 Å². The molecule has 15 aromatic rings. The van der Waals surface area contributed by atoms with Crippen LogP contribution in [-0.4, -0.2) is 18.3 Å². The van der Waals surface area contributed by atoms with Crippen molar-refractivity contribution in [2.24, 2.45) is 0 Å². The maximum absolute atomic E-state index is 2.51. The second kappa shape index (κ2) is 13.1. The summed E-state index contributed by atoms with van der Waals surface area (Å²) in [6.07, 6.45) is 0. The van der Waals surface area contributed by atoms with Crippen LogP contribution in [0.15, 0.2) is 218 Å². The molecule has 15 rings (SSSR count). The number of hydrogen-bond donors (Lipinski definition) is 0. The lowest BCUT2D eigenvalue weighted by Crippen LogP contribution is -1.99. The first-order valence-corrected chi connectivity index (χ1v) is 23.1. The Bertz CT molecular complexity index is 4480. The van der Waals surface area contributed by atoms with Crippen molar-refractivity contribution in [3.05, 3.63) is 218 Å². The normalized spacial score (nSPS) is 12.3. The van der Waals surface area contributed by atoms with Crippen LogP contribution in [-0.2, 0) is 0 Å². The van der Waals surface area contributed by atoms with Gasteiger partial charge in [0.15, 0.2) is 0 Å². The Hall–Kier alpha value is -8.38. The number of hydrogen-bond acceptors (Lipinski definition) is 1. The van der Waals surface area contributed by atoms with Gasteiger partial charge in [-0.2, -0.15) is 0 Å². The van der Waals surface area contributed by atoms with Crippen molar-refractivity contribution in [3.63, 3.8) is 0 Å².